The van der Waals surface area contributed by atoms with Crippen molar-refractivity contribution in [2.24, 2.45) is 15.9 Å². The Hall–Kier alpha value is -1.82. The van der Waals surface area contributed by atoms with E-state index in [1.165, 1.54) is 16.8 Å². The summed E-state index contributed by atoms with van der Waals surface area (Å²) in [6.45, 7) is 11.4. The van der Waals surface area contributed by atoms with Gasteiger partial charge in [0.05, 0.1) is 12.8 Å². The van der Waals surface area contributed by atoms with Crippen LogP contribution in [0, 0.1) is 22.7 Å². The van der Waals surface area contributed by atoms with Gasteiger partial charge in [0.15, 0.2) is 9.91 Å². The zero-order valence-electron chi connectivity index (χ0n) is 18.0. The lowest BCUT2D eigenvalue weighted by molar-refractivity contribution is -0.143. The fraction of sp³-hybridized carbons (Fsp3) is 0.524. The number of hydrazone groups is 1. The lowest BCUT2D eigenvalue weighted by Gasteiger charge is -2.38. The van der Waals surface area contributed by atoms with Gasteiger partial charge in [0.1, 0.15) is 0 Å². The van der Waals surface area contributed by atoms with E-state index in [0.717, 1.165) is 11.8 Å². The minimum absolute atomic E-state index is 0.0213. The highest BCUT2D eigenvalue weighted by molar-refractivity contribution is 8.15. The number of rotatable bonds is 4. The predicted molar refractivity (Wildman–Crippen MR) is 120 cm³/mol. The predicted octanol–water partition coefficient (Wildman–Crippen LogP) is 3.37. The lowest BCUT2D eigenvalue weighted by atomic mass is 9.93. The first kappa shape index (κ1) is 23.5. The van der Waals surface area contributed by atoms with Crippen LogP contribution in [0.3, 0.4) is 0 Å². The zero-order chi connectivity index (χ0) is 22.1. The van der Waals surface area contributed by atoms with Crippen molar-refractivity contribution in [1.82, 2.24) is 9.73 Å². The molecule has 1 aromatic rings. The minimum atomic E-state index is -3.48. The molecule has 0 fully saturated rings. The summed E-state index contributed by atoms with van der Waals surface area (Å²) in [5.41, 5.74) is -0.164. The second kappa shape index (κ2) is 8.13. The smallest absolute Gasteiger partial charge is 0.249 e. The molecule has 158 valence electrons. The molecule has 1 amide bonds. The summed E-state index contributed by atoms with van der Waals surface area (Å²) in [4.78, 5) is 12.2. The van der Waals surface area contributed by atoms with Crippen molar-refractivity contribution in [3.8, 4) is 11.8 Å². The van der Waals surface area contributed by atoms with Crippen LogP contribution in [0.1, 0.15) is 47.1 Å². The Balaban J connectivity index is 2.64. The van der Waals surface area contributed by atoms with E-state index in [1.807, 2.05) is 71.9 Å². The first-order valence-corrected chi connectivity index (χ1v) is 12.0. The first-order chi connectivity index (χ1) is 13.1. The van der Waals surface area contributed by atoms with Crippen molar-refractivity contribution in [2.75, 3.05) is 12.8 Å². The number of nitrogens with zero attached hydrogens (tertiary/aromatic N) is 2. The summed E-state index contributed by atoms with van der Waals surface area (Å²) < 4.78 is 26.3. The molecule has 0 aromatic heterocycles. The van der Waals surface area contributed by atoms with Crippen LogP contribution in [0.15, 0.2) is 35.4 Å². The Kier molecular flexibility index (Phi) is 6.58. The molecule has 1 heterocycles. The first-order valence-electron chi connectivity index (χ1n) is 9.30. The third-order valence-corrected chi connectivity index (χ3v) is 5.91. The number of hydrogen-bond donors (Lipinski definition) is 1. The molecule has 6 nitrogen and oxygen atoms in total. The third kappa shape index (κ3) is 6.08. The van der Waals surface area contributed by atoms with Gasteiger partial charge in [-0.1, -0.05) is 68.8 Å². The van der Waals surface area contributed by atoms with Crippen molar-refractivity contribution in [1.29, 1.82) is 0 Å². The molecule has 0 spiro atoms. The van der Waals surface area contributed by atoms with E-state index in [-0.39, 0.29) is 17.9 Å². The number of carbonyl (C=O) groups is 1. The normalized spacial score (nSPS) is 20.1. The molecule has 1 aliphatic heterocycles. The van der Waals surface area contributed by atoms with E-state index < -0.39 is 20.3 Å². The van der Waals surface area contributed by atoms with Crippen LogP contribution < -0.4 is 4.72 Å². The lowest BCUT2D eigenvalue weighted by Crippen LogP contribution is -2.51. The molecule has 1 unspecified atom stereocenters. The second-order valence-electron chi connectivity index (χ2n) is 9.12. The summed E-state index contributed by atoms with van der Waals surface area (Å²) in [7, 11) is -3.48. The standard InChI is InChI=1S/C21H29N3O3S2/c1-19(2,3)14-13-17-23-24(18(25)20(4,5)6)21(28-17,15-22-29(7,26)27)16-11-9-8-10-12-16/h8-12,22H,15H2,1-7H3. The molecule has 0 saturated carbocycles. The quantitative estimate of drug-likeness (QED) is 0.736. The van der Waals surface area contributed by atoms with Gasteiger partial charge in [-0.2, -0.15) is 5.10 Å². The van der Waals surface area contributed by atoms with Crippen molar-refractivity contribution < 1.29 is 13.2 Å². The number of hydrogen-bond acceptors (Lipinski definition) is 5. The molecule has 0 aliphatic carbocycles. The van der Waals surface area contributed by atoms with Crippen molar-refractivity contribution in [3.63, 3.8) is 0 Å². The van der Waals surface area contributed by atoms with Crippen molar-refractivity contribution in [2.45, 2.75) is 46.4 Å². The van der Waals surface area contributed by atoms with Crippen LogP contribution in [-0.2, 0) is 19.7 Å². The Labute approximate surface area is 178 Å². The van der Waals surface area contributed by atoms with Gasteiger partial charge in [-0.15, -0.1) is 0 Å². The number of carbonyl (C=O) groups excluding carboxylic acids is 1. The molecule has 1 aliphatic rings. The van der Waals surface area contributed by atoms with E-state index >= 15 is 0 Å². The Bertz CT molecular complexity index is 962. The summed E-state index contributed by atoms with van der Waals surface area (Å²) in [5.74, 6) is 6.01. The van der Waals surface area contributed by atoms with E-state index in [9.17, 15) is 13.2 Å². The van der Waals surface area contributed by atoms with E-state index in [2.05, 4.69) is 21.7 Å². The van der Waals surface area contributed by atoms with Crippen LogP contribution in [0.5, 0.6) is 0 Å². The van der Waals surface area contributed by atoms with Crippen molar-refractivity contribution in [3.05, 3.63) is 35.9 Å². The highest BCUT2D eigenvalue weighted by Gasteiger charge is 2.50. The van der Waals surface area contributed by atoms with E-state index in [1.54, 1.807) is 0 Å². The highest BCUT2D eigenvalue weighted by atomic mass is 32.2. The average Bonchev–Trinajstić information content (AvgIpc) is 2.96. The molecule has 0 radical (unpaired) electrons. The van der Waals surface area contributed by atoms with Gasteiger partial charge in [0, 0.05) is 10.8 Å². The number of amides is 1. The Morgan fingerprint density at radius 1 is 1.17 bits per heavy atom. The maximum Gasteiger partial charge on any atom is 0.249 e. The Morgan fingerprint density at radius 3 is 2.24 bits per heavy atom. The fourth-order valence-electron chi connectivity index (χ4n) is 2.54. The maximum atomic E-state index is 13.3. The summed E-state index contributed by atoms with van der Waals surface area (Å²) in [5, 5.41) is 6.43. The van der Waals surface area contributed by atoms with E-state index in [0.29, 0.717) is 5.04 Å². The van der Waals surface area contributed by atoms with Gasteiger partial charge in [0.25, 0.3) is 0 Å². The maximum absolute atomic E-state index is 13.3. The van der Waals surface area contributed by atoms with Gasteiger partial charge >= 0.3 is 0 Å². The largest absolute Gasteiger partial charge is 0.272 e. The number of benzene rings is 1. The monoisotopic (exact) mass is 435 g/mol. The summed E-state index contributed by atoms with van der Waals surface area (Å²) in [6, 6.07) is 9.33. The molecule has 29 heavy (non-hydrogen) atoms. The summed E-state index contributed by atoms with van der Waals surface area (Å²) >= 11 is 1.30. The average molecular weight is 436 g/mol. The molecule has 1 N–H and O–H groups in total. The van der Waals surface area contributed by atoms with Crippen LogP contribution in [0.4, 0.5) is 0 Å². The van der Waals surface area contributed by atoms with Crippen molar-refractivity contribution >= 4 is 32.7 Å². The number of thioether (sulfide) groups is 1. The molecule has 8 heteroatoms. The van der Waals surface area contributed by atoms with Crippen LogP contribution in [0.25, 0.3) is 0 Å². The zero-order valence-corrected chi connectivity index (χ0v) is 19.7. The van der Waals surface area contributed by atoms with Gasteiger partial charge in [0.2, 0.25) is 15.9 Å². The molecule has 2 rings (SSSR count). The molecule has 1 aromatic carbocycles. The Morgan fingerprint density at radius 2 is 1.76 bits per heavy atom. The van der Waals surface area contributed by atoms with Crippen LogP contribution >= 0.6 is 11.8 Å². The van der Waals surface area contributed by atoms with Gasteiger partial charge < -0.3 is 0 Å². The number of nitrogens with one attached hydrogen (secondary N) is 1. The van der Waals surface area contributed by atoms with Gasteiger partial charge in [-0.05, 0) is 32.3 Å². The van der Waals surface area contributed by atoms with Crippen LogP contribution in [-0.4, -0.2) is 37.2 Å². The minimum Gasteiger partial charge on any atom is -0.272 e. The number of sulfonamides is 1. The van der Waals surface area contributed by atoms with Gasteiger partial charge in [-0.3, -0.25) is 4.79 Å². The van der Waals surface area contributed by atoms with Crippen LogP contribution in [0.2, 0.25) is 0 Å². The molecular formula is C21H29N3O3S2. The molecular weight excluding hydrogens is 406 g/mol. The SMILES string of the molecule is CC(C)(C)C#CC1=NN(C(=O)C(C)(C)C)C(CNS(C)(=O)=O)(c2ccccc2)S1. The topological polar surface area (TPSA) is 78.8 Å². The van der Waals surface area contributed by atoms with Gasteiger partial charge in [-0.25, -0.2) is 18.1 Å². The third-order valence-electron chi connectivity index (χ3n) is 3.98. The fourth-order valence-corrected chi connectivity index (χ4v) is 4.25. The highest BCUT2D eigenvalue weighted by Crippen LogP contribution is 2.47. The molecule has 0 bridgehead atoms. The summed E-state index contributed by atoms with van der Waals surface area (Å²) in [6.07, 6.45) is 1.10. The molecule has 1 atom stereocenters. The van der Waals surface area contributed by atoms with E-state index in [4.69, 9.17) is 0 Å². The molecule has 0 saturated heterocycles. The second-order valence-corrected chi connectivity index (χ2v) is 12.2.